The van der Waals surface area contributed by atoms with Crippen LogP contribution in [0.3, 0.4) is 0 Å². The zero-order valence-electron chi connectivity index (χ0n) is 11.9. The second kappa shape index (κ2) is 5.75. The second-order valence-electron chi connectivity index (χ2n) is 5.91. The van der Waals surface area contributed by atoms with E-state index < -0.39 is 0 Å². The fourth-order valence-electron chi connectivity index (χ4n) is 2.43. The second-order valence-corrected chi connectivity index (χ2v) is 7.11. The summed E-state index contributed by atoms with van der Waals surface area (Å²) in [5.74, 6) is -0.0438. The minimum Gasteiger partial charge on any atom is -0.435 e. The third-order valence-electron chi connectivity index (χ3n) is 3.86. The molecule has 1 amide bonds. The molecule has 1 N–H and O–H groups in total. The van der Waals surface area contributed by atoms with E-state index in [9.17, 15) is 4.79 Å². The molecule has 0 aromatic rings. The van der Waals surface area contributed by atoms with Crippen molar-refractivity contribution in [2.75, 3.05) is 6.44 Å². The van der Waals surface area contributed by atoms with Crippen LogP contribution in [0.2, 0.25) is 0 Å². The van der Waals surface area contributed by atoms with E-state index in [4.69, 9.17) is 4.65 Å². The lowest BCUT2D eigenvalue weighted by Gasteiger charge is -2.48. The van der Waals surface area contributed by atoms with Gasteiger partial charge in [-0.25, -0.2) is 0 Å². The quantitative estimate of drug-likeness (QED) is 0.367. The number of nitrogens with one attached hydrogen (secondary N) is 1. The van der Waals surface area contributed by atoms with E-state index in [0.717, 1.165) is 12.8 Å². The number of hydrogen-bond acceptors (Lipinski definition) is 2. The van der Waals surface area contributed by atoms with Gasteiger partial charge in [0.25, 0.3) is 0 Å². The van der Waals surface area contributed by atoms with Crippen molar-refractivity contribution >= 4 is 22.6 Å². The van der Waals surface area contributed by atoms with Gasteiger partial charge in [0.05, 0.1) is 6.10 Å². The first-order valence-electron chi connectivity index (χ1n) is 6.38. The molecule has 0 aliphatic heterocycles. The Kier molecular flexibility index (Phi) is 5.02. The van der Waals surface area contributed by atoms with Gasteiger partial charge >= 0.3 is 7.48 Å². The first-order valence-corrected chi connectivity index (χ1v) is 6.96. The molecule has 1 saturated carbocycles. The summed E-state index contributed by atoms with van der Waals surface area (Å²) in [6.45, 7) is 12.4. The lowest BCUT2D eigenvalue weighted by atomic mass is 9.67. The van der Waals surface area contributed by atoms with Gasteiger partial charge in [0, 0.05) is 18.5 Å². The Hall–Kier alpha value is -0.335. The summed E-state index contributed by atoms with van der Waals surface area (Å²) in [4.78, 5) is 10.8. The molecule has 0 saturated heterocycles. The highest BCUT2D eigenvalue weighted by molar-refractivity contribution is 7.19. The Bertz CT molecular complexity index is 342. The summed E-state index contributed by atoms with van der Waals surface area (Å²) in [6, 6.07) is 0. The van der Waals surface area contributed by atoms with Gasteiger partial charge in [0.15, 0.2) is 0 Å². The monoisotopic (exact) mass is 268 g/mol. The highest BCUT2D eigenvalue weighted by Crippen LogP contribution is 2.50. The summed E-state index contributed by atoms with van der Waals surface area (Å²) in [5.41, 5.74) is 1.37. The standard InChI is InChI=1S/C13H24BNO2P/c1-9-12(3,4)7-6-11(13(9,5)18)17-14-8-15-10(2)16/h11H,1,6-8,18H2,2-5H3,(H,15,16)/t11-,13+/m1/s1. The topological polar surface area (TPSA) is 38.3 Å². The van der Waals surface area contributed by atoms with E-state index in [1.54, 1.807) is 7.48 Å². The average Bonchev–Trinajstić information content (AvgIpc) is 2.24. The molecule has 0 bridgehead atoms. The van der Waals surface area contributed by atoms with Crippen LogP contribution < -0.4 is 5.32 Å². The minimum absolute atomic E-state index is 0.0438. The lowest BCUT2D eigenvalue weighted by molar-refractivity contribution is -0.118. The molecular formula is C13H24BNO2P. The Balaban J connectivity index is 2.52. The molecule has 1 fully saturated rings. The molecule has 3 atom stereocenters. The Morgan fingerprint density at radius 1 is 1.61 bits per heavy atom. The number of rotatable bonds is 4. The summed E-state index contributed by atoms with van der Waals surface area (Å²) in [7, 11) is 4.56. The lowest BCUT2D eigenvalue weighted by Crippen LogP contribution is -2.47. The largest absolute Gasteiger partial charge is 0.435 e. The van der Waals surface area contributed by atoms with E-state index in [1.807, 2.05) is 0 Å². The van der Waals surface area contributed by atoms with Crippen LogP contribution >= 0.6 is 9.24 Å². The molecule has 1 aliphatic rings. The molecule has 18 heavy (non-hydrogen) atoms. The van der Waals surface area contributed by atoms with E-state index in [1.165, 1.54) is 12.5 Å². The van der Waals surface area contributed by atoms with Crippen molar-refractivity contribution in [1.82, 2.24) is 5.32 Å². The highest BCUT2D eigenvalue weighted by Gasteiger charge is 2.44. The molecule has 101 valence electrons. The van der Waals surface area contributed by atoms with Crippen molar-refractivity contribution < 1.29 is 9.45 Å². The van der Waals surface area contributed by atoms with Gasteiger partial charge in [-0.2, -0.15) is 0 Å². The van der Waals surface area contributed by atoms with Gasteiger partial charge in [-0.05, 0) is 25.2 Å². The van der Waals surface area contributed by atoms with E-state index >= 15 is 0 Å². The van der Waals surface area contributed by atoms with Crippen molar-refractivity contribution in [3.05, 3.63) is 12.2 Å². The first-order chi connectivity index (χ1) is 8.18. The maximum atomic E-state index is 10.8. The van der Waals surface area contributed by atoms with Gasteiger partial charge in [-0.15, -0.1) is 9.24 Å². The number of hydrogen-bond donors (Lipinski definition) is 1. The fraction of sp³-hybridized carbons (Fsp3) is 0.769. The fourth-order valence-corrected chi connectivity index (χ4v) is 3.06. The van der Waals surface area contributed by atoms with Gasteiger partial charge in [-0.3, -0.25) is 4.79 Å². The number of amides is 1. The van der Waals surface area contributed by atoms with Crippen molar-refractivity contribution in [3.63, 3.8) is 0 Å². The third-order valence-corrected chi connectivity index (χ3v) is 4.58. The molecule has 0 aromatic heterocycles. The maximum Gasteiger partial charge on any atom is 0.313 e. The predicted octanol–water partition coefficient (Wildman–Crippen LogP) is 2.09. The van der Waals surface area contributed by atoms with Crippen molar-refractivity contribution in [3.8, 4) is 0 Å². The van der Waals surface area contributed by atoms with Crippen LogP contribution in [0, 0.1) is 5.41 Å². The normalized spacial score (nSPS) is 30.9. The van der Waals surface area contributed by atoms with Crippen LogP contribution in [0.4, 0.5) is 0 Å². The Morgan fingerprint density at radius 2 is 2.22 bits per heavy atom. The van der Waals surface area contributed by atoms with Crippen molar-refractivity contribution in [1.29, 1.82) is 0 Å². The minimum atomic E-state index is -0.117. The predicted molar refractivity (Wildman–Crippen MR) is 79.6 cm³/mol. The Labute approximate surface area is 114 Å². The SMILES string of the molecule is C=C1C(C)(C)CC[C@@H](O[B]CNC(C)=O)[C@@]1(C)P. The summed E-state index contributed by atoms with van der Waals surface area (Å²) in [6.07, 6.45) is 2.64. The molecule has 1 unspecified atom stereocenters. The van der Waals surface area contributed by atoms with Gasteiger partial charge in [0.2, 0.25) is 5.91 Å². The Morgan fingerprint density at radius 3 is 2.78 bits per heavy atom. The number of carbonyl (C=O) groups is 1. The smallest absolute Gasteiger partial charge is 0.313 e. The molecule has 1 rings (SSSR count). The summed E-state index contributed by atoms with van der Waals surface area (Å²) >= 11 is 0. The zero-order chi connectivity index (χ0) is 14.0. The average molecular weight is 268 g/mol. The number of carbonyl (C=O) groups excluding carboxylic acids is 1. The van der Waals surface area contributed by atoms with Crippen molar-refractivity contribution in [2.45, 2.75) is 51.8 Å². The van der Waals surface area contributed by atoms with Gasteiger partial charge < -0.3 is 9.97 Å². The van der Waals surface area contributed by atoms with E-state index in [-0.39, 0.29) is 22.6 Å². The van der Waals surface area contributed by atoms with Gasteiger partial charge in [-0.1, -0.05) is 26.0 Å². The van der Waals surface area contributed by atoms with Crippen LogP contribution in [0.15, 0.2) is 12.2 Å². The molecular weight excluding hydrogens is 244 g/mol. The molecule has 0 heterocycles. The molecule has 0 aromatic carbocycles. The summed E-state index contributed by atoms with van der Waals surface area (Å²) in [5, 5.41) is 2.57. The molecule has 3 nitrogen and oxygen atoms in total. The third kappa shape index (κ3) is 3.58. The highest BCUT2D eigenvalue weighted by atomic mass is 31.0. The van der Waals surface area contributed by atoms with Crippen LogP contribution in [0.1, 0.15) is 40.5 Å². The maximum absolute atomic E-state index is 10.8. The zero-order valence-corrected chi connectivity index (χ0v) is 13.0. The van der Waals surface area contributed by atoms with Crippen molar-refractivity contribution in [2.24, 2.45) is 5.41 Å². The molecule has 1 radical (unpaired) electrons. The van der Waals surface area contributed by atoms with E-state index in [0.29, 0.717) is 6.44 Å². The van der Waals surface area contributed by atoms with E-state index in [2.05, 4.69) is 41.9 Å². The first kappa shape index (κ1) is 15.7. The molecule has 5 heteroatoms. The van der Waals surface area contributed by atoms with Crippen LogP contribution in [0.5, 0.6) is 0 Å². The summed E-state index contributed by atoms with van der Waals surface area (Å²) < 4.78 is 5.79. The van der Waals surface area contributed by atoms with Crippen LogP contribution in [0.25, 0.3) is 0 Å². The van der Waals surface area contributed by atoms with Crippen LogP contribution in [-0.4, -0.2) is 31.1 Å². The van der Waals surface area contributed by atoms with Gasteiger partial charge in [0.1, 0.15) is 0 Å². The molecule has 1 aliphatic carbocycles. The van der Waals surface area contributed by atoms with Crippen LogP contribution in [-0.2, 0) is 9.45 Å². The molecule has 0 spiro atoms.